The van der Waals surface area contributed by atoms with Crippen LogP contribution < -0.4 is 0 Å². The molecule has 1 heterocycles. The van der Waals surface area contributed by atoms with Crippen molar-refractivity contribution in [1.29, 1.82) is 0 Å². The minimum absolute atomic E-state index is 0.439. The summed E-state index contributed by atoms with van der Waals surface area (Å²) in [5.74, 6) is 0. The molecule has 0 aliphatic heterocycles. The van der Waals surface area contributed by atoms with E-state index >= 15 is 0 Å². The Bertz CT molecular complexity index is 223. The lowest BCUT2D eigenvalue weighted by molar-refractivity contribution is 0.532. The maximum Gasteiger partial charge on any atom is 0.0562 e. The van der Waals surface area contributed by atoms with E-state index in [-0.39, 0.29) is 0 Å². The van der Waals surface area contributed by atoms with Crippen LogP contribution in [0.3, 0.4) is 0 Å². The molecule has 0 saturated carbocycles. The van der Waals surface area contributed by atoms with Gasteiger partial charge >= 0.3 is 0 Å². The van der Waals surface area contributed by atoms with E-state index in [2.05, 4.69) is 25.5 Å². The Morgan fingerprint density at radius 3 is 2.70 bits per heavy atom. The van der Waals surface area contributed by atoms with Crippen molar-refractivity contribution in [2.45, 2.75) is 19.9 Å². The molecule has 1 aromatic heterocycles. The van der Waals surface area contributed by atoms with Crippen LogP contribution in [0.2, 0.25) is 0 Å². The van der Waals surface area contributed by atoms with Gasteiger partial charge in [0.15, 0.2) is 0 Å². The van der Waals surface area contributed by atoms with Crippen LogP contribution in [0.25, 0.3) is 6.08 Å². The van der Waals surface area contributed by atoms with Crippen LogP contribution in [0.1, 0.15) is 25.5 Å². The van der Waals surface area contributed by atoms with E-state index in [1.54, 1.807) is 6.08 Å². The van der Waals surface area contributed by atoms with E-state index in [1.165, 1.54) is 0 Å². The van der Waals surface area contributed by atoms with Crippen molar-refractivity contribution >= 4 is 6.08 Å². The highest BCUT2D eigenvalue weighted by molar-refractivity contribution is 5.43. The van der Waals surface area contributed by atoms with Crippen LogP contribution in [0.15, 0.2) is 19.0 Å². The standard InChI is InChI=1S/C8H12N2/c1-4-8-5-9-10(6-8)7(2)3/h4-7H,1H2,2-3H3. The van der Waals surface area contributed by atoms with Gasteiger partial charge in [0.1, 0.15) is 0 Å². The second-order valence-electron chi connectivity index (χ2n) is 2.55. The van der Waals surface area contributed by atoms with Crippen molar-refractivity contribution < 1.29 is 0 Å². The zero-order valence-electron chi connectivity index (χ0n) is 6.41. The third-order valence-electron chi connectivity index (χ3n) is 1.39. The summed E-state index contributed by atoms with van der Waals surface area (Å²) >= 11 is 0. The van der Waals surface area contributed by atoms with Crippen molar-refractivity contribution in [3.05, 3.63) is 24.5 Å². The van der Waals surface area contributed by atoms with Gasteiger partial charge < -0.3 is 0 Å². The minimum Gasteiger partial charge on any atom is -0.270 e. The minimum atomic E-state index is 0.439. The molecule has 0 unspecified atom stereocenters. The molecule has 0 aliphatic carbocycles. The molecule has 0 saturated heterocycles. The van der Waals surface area contributed by atoms with Crippen LogP contribution in [-0.4, -0.2) is 9.78 Å². The number of nitrogens with zero attached hydrogens (tertiary/aromatic N) is 2. The van der Waals surface area contributed by atoms with E-state index in [4.69, 9.17) is 0 Å². The summed E-state index contributed by atoms with van der Waals surface area (Å²) in [7, 11) is 0. The van der Waals surface area contributed by atoms with Crippen LogP contribution in [-0.2, 0) is 0 Å². The van der Waals surface area contributed by atoms with E-state index in [1.807, 2.05) is 17.1 Å². The number of hydrogen-bond acceptors (Lipinski definition) is 1. The second-order valence-corrected chi connectivity index (χ2v) is 2.55. The lowest BCUT2D eigenvalue weighted by atomic mass is 10.3. The normalized spacial score (nSPS) is 10.3. The molecule has 2 heteroatoms. The zero-order chi connectivity index (χ0) is 7.56. The lowest BCUT2D eigenvalue weighted by Gasteiger charge is -2.02. The van der Waals surface area contributed by atoms with Gasteiger partial charge in [0.05, 0.1) is 6.20 Å². The Balaban J connectivity index is 2.88. The molecule has 2 nitrogen and oxygen atoms in total. The van der Waals surface area contributed by atoms with Gasteiger partial charge in [-0.05, 0) is 13.8 Å². The lowest BCUT2D eigenvalue weighted by Crippen LogP contribution is -1.99. The summed E-state index contributed by atoms with van der Waals surface area (Å²) in [6, 6.07) is 0.439. The average molecular weight is 136 g/mol. The molecule has 1 aromatic rings. The van der Waals surface area contributed by atoms with Gasteiger partial charge in [-0.3, -0.25) is 4.68 Å². The topological polar surface area (TPSA) is 17.8 Å². The first kappa shape index (κ1) is 7.06. The number of rotatable bonds is 2. The fourth-order valence-electron chi connectivity index (χ4n) is 0.741. The highest BCUT2D eigenvalue weighted by atomic mass is 15.3. The highest BCUT2D eigenvalue weighted by Crippen LogP contribution is 2.05. The number of hydrogen-bond donors (Lipinski definition) is 0. The first-order valence-electron chi connectivity index (χ1n) is 3.40. The molecule has 0 radical (unpaired) electrons. The molecule has 54 valence electrons. The van der Waals surface area contributed by atoms with Crippen molar-refractivity contribution in [1.82, 2.24) is 9.78 Å². The third kappa shape index (κ3) is 1.26. The maximum atomic E-state index is 4.13. The molecule has 0 atom stereocenters. The number of aromatic nitrogens is 2. The van der Waals surface area contributed by atoms with Gasteiger partial charge in [-0.2, -0.15) is 5.10 Å². The summed E-state index contributed by atoms with van der Waals surface area (Å²) in [5, 5.41) is 4.13. The fraction of sp³-hybridized carbons (Fsp3) is 0.375. The van der Waals surface area contributed by atoms with Crippen molar-refractivity contribution in [3.8, 4) is 0 Å². The summed E-state index contributed by atoms with van der Waals surface area (Å²) in [6.07, 6.45) is 5.59. The Kier molecular flexibility index (Phi) is 1.90. The van der Waals surface area contributed by atoms with Crippen molar-refractivity contribution in [2.75, 3.05) is 0 Å². The van der Waals surface area contributed by atoms with Gasteiger partial charge in [0.25, 0.3) is 0 Å². The van der Waals surface area contributed by atoms with Gasteiger partial charge in [0.2, 0.25) is 0 Å². The molecule has 1 rings (SSSR count). The van der Waals surface area contributed by atoms with Gasteiger partial charge in [-0.1, -0.05) is 12.7 Å². The maximum absolute atomic E-state index is 4.13. The molecule has 0 N–H and O–H groups in total. The van der Waals surface area contributed by atoms with Gasteiger partial charge in [-0.25, -0.2) is 0 Å². The van der Waals surface area contributed by atoms with Gasteiger partial charge in [0, 0.05) is 17.8 Å². The first-order chi connectivity index (χ1) is 4.74. The van der Waals surface area contributed by atoms with Gasteiger partial charge in [-0.15, -0.1) is 0 Å². The fourth-order valence-corrected chi connectivity index (χ4v) is 0.741. The third-order valence-corrected chi connectivity index (χ3v) is 1.39. The van der Waals surface area contributed by atoms with Crippen LogP contribution in [0, 0.1) is 0 Å². The zero-order valence-corrected chi connectivity index (χ0v) is 6.41. The smallest absolute Gasteiger partial charge is 0.0562 e. The average Bonchev–Trinajstić information content (AvgIpc) is 2.34. The second kappa shape index (κ2) is 2.69. The summed E-state index contributed by atoms with van der Waals surface area (Å²) < 4.78 is 1.91. The summed E-state index contributed by atoms with van der Waals surface area (Å²) in [4.78, 5) is 0. The van der Waals surface area contributed by atoms with Crippen LogP contribution in [0.5, 0.6) is 0 Å². The van der Waals surface area contributed by atoms with E-state index < -0.39 is 0 Å². The summed E-state index contributed by atoms with van der Waals surface area (Å²) in [6.45, 7) is 7.84. The van der Waals surface area contributed by atoms with Crippen LogP contribution in [0.4, 0.5) is 0 Å². The molecule has 0 aliphatic rings. The quantitative estimate of drug-likeness (QED) is 0.608. The molecule has 10 heavy (non-hydrogen) atoms. The molecule has 0 amide bonds. The first-order valence-corrected chi connectivity index (χ1v) is 3.40. The monoisotopic (exact) mass is 136 g/mol. The molecule has 0 fully saturated rings. The Hall–Kier alpha value is -1.05. The molecular formula is C8H12N2. The molecule has 0 aromatic carbocycles. The molecular weight excluding hydrogens is 124 g/mol. The SMILES string of the molecule is C=Cc1cnn(C(C)C)c1. The highest BCUT2D eigenvalue weighted by Gasteiger charge is 1.96. The van der Waals surface area contributed by atoms with E-state index in [9.17, 15) is 0 Å². The Morgan fingerprint density at radius 2 is 2.40 bits per heavy atom. The molecule has 0 spiro atoms. The largest absolute Gasteiger partial charge is 0.270 e. The molecule has 0 bridgehead atoms. The van der Waals surface area contributed by atoms with Crippen molar-refractivity contribution in [2.24, 2.45) is 0 Å². The Labute approximate surface area is 61.2 Å². The predicted octanol–water partition coefficient (Wildman–Crippen LogP) is 2.11. The van der Waals surface area contributed by atoms with E-state index in [0.29, 0.717) is 6.04 Å². The summed E-state index contributed by atoms with van der Waals surface area (Å²) in [5.41, 5.74) is 1.08. The van der Waals surface area contributed by atoms with Crippen molar-refractivity contribution in [3.63, 3.8) is 0 Å². The van der Waals surface area contributed by atoms with Crippen LogP contribution >= 0.6 is 0 Å². The Morgan fingerprint density at radius 1 is 1.70 bits per heavy atom. The predicted molar refractivity (Wildman–Crippen MR) is 42.7 cm³/mol. The van der Waals surface area contributed by atoms with E-state index in [0.717, 1.165) is 5.56 Å².